The lowest BCUT2D eigenvalue weighted by molar-refractivity contribution is -0.141. The van der Waals surface area contributed by atoms with Crippen molar-refractivity contribution in [2.75, 3.05) is 13.7 Å². The van der Waals surface area contributed by atoms with Crippen LogP contribution in [0.25, 0.3) is 0 Å². The first-order chi connectivity index (χ1) is 8.11. The standard InChI is InChI=1S/C12H22N2O3.ClH/c1-9(8-12(16)17-2)14-11(15)6-5-10-4-3-7-13-10;/h9-10,13H,3-8H2,1-2H3,(H,14,15);1H. The zero-order valence-corrected chi connectivity index (χ0v) is 11.8. The number of carbonyl (C=O) groups is 2. The monoisotopic (exact) mass is 278 g/mol. The molecule has 1 rings (SSSR count). The van der Waals surface area contributed by atoms with E-state index in [9.17, 15) is 9.59 Å². The summed E-state index contributed by atoms with van der Waals surface area (Å²) in [6, 6.07) is 0.322. The molecular weight excluding hydrogens is 256 g/mol. The summed E-state index contributed by atoms with van der Waals surface area (Å²) in [4.78, 5) is 22.6. The lowest BCUT2D eigenvalue weighted by atomic mass is 10.1. The minimum absolute atomic E-state index is 0. The van der Waals surface area contributed by atoms with Gasteiger partial charge >= 0.3 is 5.97 Å². The molecule has 2 N–H and O–H groups in total. The fourth-order valence-corrected chi connectivity index (χ4v) is 2.04. The predicted molar refractivity (Wildman–Crippen MR) is 71.7 cm³/mol. The third-order valence-corrected chi connectivity index (χ3v) is 2.99. The van der Waals surface area contributed by atoms with Gasteiger partial charge in [0.1, 0.15) is 0 Å². The van der Waals surface area contributed by atoms with E-state index in [2.05, 4.69) is 15.4 Å². The number of halogens is 1. The van der Waals surface area contributed by atoms with Gasteiger partial charge in [0.15, 0.2) is 0 Å². The molecule has 1 heterocycles. The normalized spacial score (nSPS) is 19.8. The molecule has 0 radical (unpaired) electrons. The fourth-order valence-electron chi connectivity index (χ4n) is 2.04. The Hall–Kier alpha value is -0.810. The number of esters is 1. The van der Waals surface area contributed by atoms with Crippen LogP contribution in [0.1, 0.15) is 39.0 Å². The SMILES string of the molecule is COC(=O)CC(C)NC(=O)CCC1CCCN1.Cl. The lowest BCUT2D eigenvalue weighted by Gasteiger charge is -2.14. The summed E-state index contributed by atoms with van der Waals surface area (Å²) in [5.41, 5.74) is 0. The molecule has 5 nitrogen and oxygen atoms in total. The highest BCUT2D eigenvalue weighted by Crippen LogP contribution is 2.10. The van der Waals surface area contributed by atoms with Crippen LogP contribution in [0, 0.1) is 0 Å². The molecule has 0 saturated carbocycles. The molecule has 1 saturated heterocycles. The number of rotatable bonds is 6. The van der Waals surface area contributed by atoms with Crippen LogP contribution in [0.2, 0.25) is 0 Å². The van der Waals surface area contributed by atoms with Crippen molar-refractivity contribution in [1.82, 2.24) is 10.6 Å². The van der Waals surface area contributed by atoms with Crippen LogP contribution in [-0.4, -0.2) is 37.6 Å². The molecule has 6 heteroatoms. The third kappa shape index (κ3) is 6.81. The van der Waals surface area contributed by atoms with Crippen molar-refractivity contribution in [3.63, 3.8) is 0 Å². The van der Waals surface area contributed by atoms with Gasteiger partial charge in [-0.05, 0) is 32.7 Å². The van der Waals surface area contributed by atoms with E-state index in [1.165, 1.54) is 13.5 Å². The lowest BCUT2D eigenvalue weighted by Crippen LogP contribution is -2.35. The Labute approximate surface area is 114 Å². The molecule has 0 aromatic carbocycles. The van der Waals surface area contributed by atoms with Gasteiger partial charge in [-0.1, -0.05) is 0 Å². The number of nitrogens with one attached hydrogen (secondary N) is 2. The van der Waals surface area contributed by atoms with Crippen molar-refractivity contribution in [3.05, 3.63) is 0 Å². The van der Waals surface area contributed by atoms with Gasteiger partial charge in [0.25, 0.3) is 0 Å². The predicted octanol–water partition coefficient (Wildman–Crippen LogP) is 1.01. The Morgan fingerprint density at radius 1 is 1.50 bits per heavy atom. The van der Waals surface area contributed by atoms with Gasteiger partial charge in [-0.3, -0.25) is 9.59 Å². The Balaban J connectivity index is 0.00000289. The third-order valence-electron chi connectivity index (χ3n) is 2.99. The van der Waals surface area contributed by atoms with Crippen LogP contribution in [0.3, 0.4) is 0 Å². The van der Waals surface area contributed by atoms with E-state index in [0.717, 1.165) is 19.4 Å². The first-order valence-electron chi connectivity index (χ1n) is 6.21. The quantitative estimate of drug-likeness (QED) is 0.712. The summed E-state index contributed by atoms with van der Waals surface area (Å²) in [5, 5.41) is 6.15. The van der Waals surface area contributed by atoms with E-state index in [1.807, 2.05) is 6.92 Å². The molecule has 1 fully saturated rings. The van der Waals surface area contributed by atoms with Crippen LogP contribution in [0.4, 0.5) is 0 Å². The number of ether oxygens (including phenoxy) is 1. The zero-order valence-electron chi connectivity index (χ0n) is 11.0. The van der Waals surface area contributed by atoms with Crippen molar-refractivity contribution >= 4 is 24.3 Å². The molecule has 0 aromatic rings. The van der Waals surface area contributed by atoms with Gasteiger partial charge in [-0.2, -0.15) is 0 Å². The number of hydrogen-bond donors (Lipinski definition) is 2. The highest BCUT2D eigenvalue weighted by Gasteiger charge is 2.16. The second kappa shape index (κ2) is 9.16. The van der Waals surface area contributed by atoms with Gasteiger partial charge in [0, 0.05) is 18.5 Å². The molecule has 1 amide bonds. The maximum atomic E-state index is 11.6. The largest absolute Gasteiger partial charge is 0.469 e. The van der Waals surface area contributed by atoms with Crippen LogP contribution in [0.15, 0.2) is 0 Å². The first-order valence-corrected chi connectivity index (χ1v) is 6.21. The highest BCUT2D eigenvalue weighted by molar-refractivity contribution is 5.85. The molecule has 0 aliphatic carbocycles. The topological polar surface area (TPSA) is 67.4 Å². The van der Waals surface area contributed by atoms with E-state index in [0.29, 0.717) is 12.5 Å². The Bertz CT molecular complexity index is 268. The Kier molecular flexibility index (Phi) is 8.75. The molecule has 1 aliphatic rings. The molecule has 0 aromatic heterocycles. The Morgan fingerprint density at radius 3 is 2.78 bits per heavy atom. The van der Waals surface area contributed by atoms with Crippen LogP contribution >= 0.6 is 12.4 Å². The highest BCUT2D eigenvalue weighted by atomic mass is 35.5. The molecular formula is C12H23ClN2O3. The summed E-state index contributed by atoms with van der Waals surface area (Å²) in [7, 11) is 1.35. The fraction of sp³-hybridized carbons (Fsp3) is 0.833. The maximum Gasteiger partial charge on any atom is 0.307 e. The molecule has 2 unspecified atom stereocenters. The minimum Gasteiger partial charge on any atom is -0.469 e. The van der Waals surface area contributed by atoms with Crippen LogP contribution in [-0.2, 0) is 14.3 Å². The van der Waals surface area contributed by atoms with Gasteiger partial charge < -0.3 is 15.4 Å². The summed E-state index contributed by atoms with van der Waals surface area (Å²) in [6.45, 7) is 2.87. The van der Waals surface area contributed by atoms with Crippen molar-refractivity contribution in [2.45, 2.75) is 51.1 Å². The average Bonchev–Trinajstić information content (AvgIpc) is 2.78. The van der Waals surface area contributed by atoms with E-state index >= 15 is 0 Å². The van der Waals surface area contributed by atoms with E-state index in [-0.39, 0.29) is 36.7 Å². The van der Waals surface area contributed by atoms with Gasteiger partial charge in [-0.15, -0.1) is 12.4 Å². The van der Waals surface area contributed by atoms with E-state index in [4.69, 9.17) is 0 Å². The number of amides is 1. The maximum absolute atomic E-state index is 11.6. The van der Waals surface area contributed by atoms with E-state index < -0.39 is 0 Å². The van der Waals surface area contributed by atoms with E-state index in [1.54, 1.807) is 0 Å². The first kappa shape index (κ1) is 17.2. The van der Waals surface area contributed by atoms with Gasteiger partial charge in [-0.25, -0.2) is 0 Å². The van der Waals surface area contributed by atoms with Crippen molar-refractivity contribution in [3.8, 4) is 0 Å². The van der Waals surface area contributed by atoms with Crippen LogP contribution in [0.5, 0.6) is 0 Å². The average molecular weight is 279 g/mol. The smallest absolute Gasteiger partial charge is 0.307 e. The van der Waals surface area contributed by atoms with Crippen molar-refractivity contribution < 1.29 is 14.3 Å². The van der Waals surface area contributed by atoms with Crippen LogP contribution < -0.4 is 10.6 Å². The zero-order chi connectivity index (χ0) is 12.7. The minimum atomic E-state index is -0.296. The van der Waals surface area contributed by atoms with Gasteiger partial charge in [0.2, 0.25) is 5.91 Å². The summed E-state index contributed by atoms with van der Waals surface area (Å²) in [6.07, 6.45) is 3.97. The molecule has 106 valence electrons. The molecule has 2 atom stereocenters. The molecule has 18 heavy (non-hydrogen) atoms. The summed E-state index contributed by atoms with van der Waals surface area (Å²) < 4.78 is 4.54. The number of carbonyl (C=O) groups excluding carboxylic acids is 2. The van der Waals surface area contributed by atoms with Crippen molar-refractivity contribution in [2.24, 2.45) is 0 Å². The molecule has 1 aliphatic heterocycles. The second-order valence-corrected chi connectivity index (χ2v) is 4.58. The van der Waals surface area contributed by atoms with Crippen molar-refractivity contribution in [1.29, 1.82) is 0 Å². The second-order valence-electron chi connectivity index (χ2n) is 4.58. The van der Waals surface area contributed by atoms with Gasteiger partial charge in [0.05, 0.1) is 13.5 Å². The molecule has 0 bridgehead atoms. The summed E-state index contributed by atoms with van der Waals surface area (Å²) in [5.74, 6) is -0.287. The number of methoxy groups -OCH3 is 1. The number of hydrogen-bond acceptors (Lipinski definition) is 4. The Morgan fingerprint density at radius 2 is 2.22 bits per heavy atom. The molecule has 0 spiro atoms. The summed E-state index contributed by atoms with van der Waals surface area (Å²) >= 11 is 0.